The van der Waals surface area contributed by atoms with Gasteiger partial charge in [-0.15, -0.1) is 11.8 Å². The first-order chi connectivity index (χ1) is 10.8. The van der Waals surface area contributed by atoms with E-state index in [1.807, 2.05) is 7.05 Å². The lowest BCUT2D eigenvalue weighted by molar-refractivity contribution is 0.933. The summed E-state index contributed by atoms with van der Waals surface area (Å²) in [6.07, 6.45) is 4.34. The van der Waals surface area contributed by atoms with Crippen molar-refractivity contribution in [3.8, 4) is 11.8 Å². The fraction of sp³-hybridized carbons (Fsp3) is 0.300. The molecule has 1 nitrogen and oxygen atoms in total. The van der Waals surface area contributed by atoms with Crippen LogP contribution in [0.2, 0.25) is 0 Å². The van der Waals surface area contributed by atoms with Gasteiger partial charge in [-0.2, -0.15) is 0 Å². The SMILES string of the molecule is CNCC#CC1c2ccccc2CCc2ccc(SC)cc21. The number of benzene rings is 2. The number of nitrogens with one attached hydrogen (secondary N) is 1. The second-order valence-electron chi connectivity index (χ2n) is 5.55. The molecule has 2 heteroatoms. The van der Waals surface area contributed by atoms with Gasteiger partial charge in [-0.1, -0.05) is 42.2 Å². The molecule has 0 radical (unpaired) electrons. The molecule has 1 unspecified atom stereocenters. The second-order valence-corrected chi connectivity index (χ2v) is 6.43. The molecular formula is C20H21NS. The second kappa shape index (κ2) is 7.05. The largest absolute Gasteiger partial charge is 0.309 e. The van der Waals surface area contributed by atoms with Crippen molar-refractivity contribution in [1.82, 2.24) is 5.32 Å². The molecule has 0 heterocycles. The van der Waals surface area contributed by atoms with Gasteiger partial charge in [0.25, 0.3) is 0 Å². The predicted octanol–water partition coefficient (Wildman–Crippen LogP) is 3.86. The molecule has 0 saturated heterocycles. The smallest absolute Gasteiger partial charge is 0.0708 e. The lowest BCUT2D eigenvalue weighted by atomic mass is 9.88. The van der Waals surface area contributed by atoms with E-state index in [1.54, 1.807) is 11.8 Å². The van der Waals surface area contributed by atoms with Crippen molar-refractivity contribution < 1.29 is 0 Å². The van der Waals surface area contributed by atoms with Crippen molar-refractivity contribution in [3.05, 3.63) is 64.7 Å². The number of aryl methyl sites for hydroxylation is 2. The summed E-state index contributed by atoms with van der Waals surface area (Å²) < 4.78 is 0. The molecule has 3 rings (SSSR count). The Balaban J connectivity index is 2.14. The van der Waals surface area contributed by atoms with Crippen LogP contribution in [0.4, 0.5) is 0 Å². The Morgan fingerprint density at radius 3 is 2.64 bits per heavy atom. The molecule has 0 spiro atoms. The fourth-order valence-electron chi connectivity index (χ4n) is 3.07. The number of hydrogen-bond acceptors (Lipinski definition) is 2. The molecule has 1 aliphatic rings. The summed E-state index contributed by atoms with van der Waals surface area (Å²) in [5.41, 5.74) is 5.65. The van der Waals surface area contributed by atoms with Crippen molar-refractivity contribution >= 4 is 11.8 Å². The Labute approximate surface area is 137 Å². The van der Waals surface area contributed by atoms with Crippen LogP contribution in [-0.4, -0.2) is 19.8 Å². The van der Waals surface area contributed by atoms with Gasteiger partial charge in [-0.05, 0) is 60.5 Å². The van der Waals surface area contributed by atoms with E-state index in [2.05, 4.69) is 65.9 Å². The van der Waals surface area contributed by atoms with Crippen molar-refractivity contribution in [3.63, 3.8) is 0 Å². The third-order valence-electron chi connectivity index (χ3n) is 4.21. The van der Waals surface area contributed by atoms with E-state index in [4.69, 9.17) is 0 Å². The van der Waals surface area contributed by atoms with Crippen LogP contribution in [0.1, 0.15) is 28.2 Å². The maximum absolute atomic E-state index is 3.50. The summed E-state index contributed by atoms with van der Waals surface area (Å²) in [6.45, 7) is 0.732. The third-order valence-corrected chi connectivity index (χ3v) is 4.93. The normalized spacial score (nSPS) is 16.0. The highest BCUT2D eigenvalue weighted by Gasteiger charge is 2.22. The first kappa shape index (κ1) is 15.2. The maximum atomic E-state index is 3.50. The van der Waals surface area contributed by atoms with Crippen LogP contribution in [-0.2, 0) is 12.8 Å². The van der Waals surface area contributed by atoms with Crippen LogP contribution < -0.4 is 5.32 Å². The maximum Gasteiger partial charge on any atom is 0.0708 e. The van der Waals surface area contributed by atoms with Gasteiger partial charge in [0, 0.05) is 4.90 Å². The Hall–Kier alpha value is -1.69. The molecule has 0 aromatic heterocycles. The third kappa shape index (κ3) is 3.06. The Kier molecular flexibility index (Phi) is 4.87. The van der Waals surface area contributed by atoms with Gasteiger partial charge in [0.2, 0.25) is 0 Å². The number of fused-ring (bicyclic) bond motifs is 2. The van der Waals surface area contributed by atoms with Crippen LogP contribution in [0.5, 0.6) is 0 Å². The molecule has 1 atom stereocenters. The minimum Gasteiger partial charge on any atom is -0.309 e. The zero-order valence-electron chi connectivity index (χ0n) is 13.1. The predicted molar refractivity (Wildman–Crippen MR) is 95.6 cm³/mol. The van der Waals surface area contributed by atoms with E-state index >= 15 is 0 Å². The molecule has 0 aliphatic heterocycles. The molecule has 112 valence electrons. The zero-order chi connectivity index (χ0) is 15.4. The lowest BCUT2D eigenvalue weighted by Crippen LogP contribution is -2.06. The minimum atomic E-state index is 0.189. The van der Waals surface area contributed by atoms with Crippen LogP contribution in [0, 0.1) is 11.8 Å². The van der Waals surface area contributed by atoms with Gasteiger partial charge >= 0.3 is 0 Å². The molecule has 0 amide bonds. The quantitative estimate of drug-likeness (QED) is 0.668. The van der Waals surface area contributed by atoms with Gasteiger partial charge < -0.3 is 5.32 Å². The molecule has 2 aromatic carbocycles. The molecule has 0 saturated carbocycles. The Morgan fingerprint density at radius 2 is 1.86 bits per heavy atom. The van der Waals surface area contributed by atoms with Gasteiger partial charge in [-0.25, -0.2) is 0 Å². The molecule has 1 aliphatic carbocycles. The molecular weight excluding hydrogens is 286 g/mol. The summed E-state index contributed by atoms with van der Waals surface area (Å²) in [4.78, 5) is 1.32. The molecule has 0 bridgehead atoms. The Morgan fingerprint density at radius 1 is 1.09 bits per heavy atom. The van der Waals surface area contributed by atoms with Gasteiger partial charge in [0.15, 0.2) is 0 Å². The van der Waals surface area contributed by atoms with Gasteiger partial charge in [0.05, 0.1) is 12.5 Å². The lowest BCUT2D eigenvalue weighted by Gasteiger charge is -2.16. The highest BCUT2D eigenvalue weighted by Crippen LogP contribution is 2.35. The van der Waals surface area contributed by atoms with Crippen molar-refractivity contribution in [1.29, 1.82) is 0 Å². The van der Waals surface area contributed by atoms with E-state index in [0.717, 1.165) is 19.4 Å². The van der Waals surface area contributed by atoms with Gasteiger partial charge in [-0.3, -0.25) is 0 Å². The van der Waals surface area contributed by atoms with Gasteiger partial charge in [0.1, 0.15) is 0 Å². The summed E-state index contributed by atoms with van der Waals surface area (Å²) >= 11 is 1.80. The molecule has 1 N–H and O–H groups in total. The summed E-state index contributed by atoms with van der Waals surface area (Å²) in [5, 5.41) is 3.12. The van der Waals surface area contributed by atoms with Crippen LogP contribution in [0.3, 0.4) is 0 Å². The summed E-state index contributed by atoms with van der Waals surface area (Å²) in [5.74, 6) is 6.98. The van der Waals surface area contributed by atoms with E-state index in [9.17, 15) is 0 Å². The first-order valence-corrected chi connectivity index (χ1v) is 8.93. The number of thioether (sulfide) groups is 1. The standard InChI is InChI=1S/C20H21NS/c1-21-13-5-8-19-18-7-4-3-6-15(18)9-10-16-11-12-17(22-2)14-20(16)19/h3-4,6-7,11-12,14,19,21H,9-10,13H2,1-2H3. The van der Waals surface area contributed by atoms with E-state index in [-0.39, 0.29) is 5.92 Å². The first-order valence-electron chi connectivity index (χ1n) is 7.71. The highest BCUT2D eigenvalue weighted by molar-refractivity contribution is 7.98. The summed E-state index contributed by atoms with van der Waals surface area (Å²) in [6, 6.07) is 15.6. The summed E-state index contributed by atoms with van der Waals surface area (Å²) in [7, 11) is 1.94. The van der Waals surface area contributed by atoms with Crippen molar-refractivity contribution in [2.75, 3.05) is 19.8 Å². The molecule has 2 aromatic rings. The Bertz CT molecular complexity index is 724. The number of rotatable bonds is 2. The van der Waals surface area contributed by atoms with E-state index in [0.29, 0.717) is 0 Å². The monoisotopic (exact) mass is 307 g/mol. The number of hydrogen-bond donors (Lipinski definition) is 1. The van der Waals surface area contributed by atoms with Crippen LogP contribution >= 0.6 is 11.8 Å². The zero-order valence-corrected chi connectivity index (χ0v) is 14.0. The fourth-order valence-corrected chi connectivity index (χ4v) is 3.52. The van der Waals surface area contributed by atoms with E-state index in [1.165, 1.54) is 27.1 Å². The molecule has 0 fully saturated rings. The average molecular weight is 307 g/mol. The van der Waals surface area contributed by atoms with Crippen LogP contribution in [0.15, 0.2) is 47.4 Å². The highest BCUT2D eigenvalue weighted by atomic mass is 32.2. The average Bonchev–Trinajstić information content (AvgIpc) is 2.72. The van der Waals surface area contributed by atoms with Crippen molar-refractivity contribution in [2.45, 2.75) is 23.7 Å². The topological polar surface area (TPSA) is 12.0 Å². The van der Waals surface area contributed by atoms with Crippen molar-refractivity contribution in [2.24, 2.45) is 0 Å². The van der Waals surface area contributed by atoms with E-state index < -0.39 is 0 Å². The minimum absolute atomic E-state index is 0.189. The molecule has 22 heavy (non-hydrogen) atoms. The van der Waals surface area contributed by atoms with Crippen LogP contribution in [0.25, 0.3) is 0 Å².